The molecule has 0 spiro atoms. The lowest BCUT2D eigenvalue weighted by Crippen LogP contribution is -2.43. The van der Waals surface area contributed by atoms with Gasteiger partial charge < -0.3 is 20.6 Å². The van der Waals surface area contributed by atoms with Crippen LogP contribution in [-0.2, 0) is 4.79 Å². The third-order valence-electron chi connectivity index (χ3n) is 1.66. The zero-order valence-electron chi connectivity index (χ0n) is 7.66. The zero-order chi connectivity index (χ0) is 12.1. The number of aliphatic hydroxyl groups excluding tert-OH is 2. The van der Waals surface area contributed by atoms with Crippen LogP contribution in [0.15, 0.2) is 0 Å². The number of rotatable bonds is 0. The molecule has 0 aromatic rings. The molecule has 1 aliphatic rings. The molecule has 8 heteroatoms. The van der Waals surface area contributed by atoms with Crippen molar-refractivity contribution in [3.63, 3.8) is 0 Å². The third-order valence-corrected chi connectivity index (χ3v) is 1.66. The molecular weight excluding hydrogens is 219 g/mol. The summed E-state index contributed by atoms with van der Waals surface area (Å²) >= 11 is 0. The highest BCUT2D eigenvalue weighted by molar-refractivity contribution is 5.73. The van der Waals surface area contributed by atoms with E-state index in [1.807, 2.05) is 0 Å². The summed E-state index contributed by atoms with van der Waals surface area (Å²) in [5.74, 6) is -2.76. The second kappa shape index (κ2) is 5.89. The number of carboxylic acid groups (broad SMARTS) is 1. The number of carbonyl (C=O) groups is 1. The van der Waals surface area contributed by atoms with Crippen molar-refractivity contribution in [3.8, 4) is 0 Å². The number of halogens is 3. The molecule has 2 unspecified atom stereocenters. The Morgan fingerprint density at radius 1 is 1.27 bits per heavy atom. The van der Waals surface area contributed by atoms with Crippen molar-refractivity contribution < 1.29 is 33.3 Å². The van der Waals surface area contributed by atoms with Crippen LogP contribution in [0.4, 0.5) is 13.2 Å². The molecule has 0 amide bonds. The molecule has 0 aromatic heterocycles. The summed E-state index contributed by atoms with van der Waals surface area (Å²) in [5.41, 5.74) is 0. The minimum atomic E-state index is -5.08. The molecule has 1 rings (SSSR count). The molecule has 0 saturated carbocycles. The molecule has 1 aliphatic heterocycles. The topological polar surface area (TPSA) is 89.8 Å². The van der Waals surface area contributed by atoms with E-state index in [0.29, 0.717) is 13.0 Å². The predicted octanol–water partition coefficient (Wildman–Crippen LogP) is -0.665. The van der Waals surface area contributed by atoms with Crippen molar-refractivity contribution in [1.29, 1.82) is 0 Å². The van der Waals surface area contributed by atoms with E-state index in [-0.39, 0.29) is 0 Å². The predicted molar refractivity (Wildman–Crippen MR) is 43.2 cm³/mol. The number of hydrogen-bond acceptors (Lipinski definition) is 4. The molecule has 90 valence electrons. The van der Waals surface area contributed by atoms with Crippen LogP contribution in [0.1, 0.15) is 6.42 Å². The number of aliphatic carboxylic acids is 1. The molecule has 1 saturated heterocycles. The van der Waals surface area contributed by atoms with E-state index in [1.165, 1.54) is 0 Å². The standard InChI is InChI=1S/C5H11NO2.C2HF3O2/c7-4-1-2-6-3-5(4)8;3-2(4,5)1(6)7/h4-8H,1-3H2;(H,6,7). The van der Waals surface area contributed by atoms with E-state index in [0.717, 1.165) is 6.54 Å². The lowest BCUT2D eigenvalue weighted by Gasteiger charge is -2.23. The van der Waals surface area contributed by atoms with E-state index in [4.69, 9.17) is 20.1 Å². The minimum absolute atomic E-state index is 0.503. The van der Waals surface area contributed by atoms with E-state index in [1.54, 1.807) is 0 Å². The van der Waals surface area contributed by atoms with Crippen LogP contribution in [0, 0.1) is 0 Å². The number of nitrogens with one attached hydrogen (secondary N) is 1. The number of hydrogen-bond donors (Lipinski definition) is 4. The molecule has 1 fully saturated rings. The Morgan fingerprint density at radius 2 is 1.73 bits per heavy atom. The first-order valence-electron chi connectivity index (χ1n) is 4.12. The highest BCUT2D eigenvalue weighted by atomic mass is 19.4. The average molecular weight is 231 g/mol. The van der Waals surface area contributed by atoms with E-state index in [9.17, 15) is 13.2 Å². The quantitative estimate of drug-likeness (QED) is 0.444. The van der Waals surface area contributed by atoms with Crippen molar-refractivity contribution in [2.24, 2.45) is 0 Å². The Hall–Kier alpha value is -0.860. The first-order valence-corrected chi connectivity index (χ1v) is 4.12. The highest BCUT2D eigenvalue weighted by Gasteiger charge is 2.38. The lowest BCUT2D eigenvalue weighted by atomic mass is 10.1. The second-order valence-corrected chi connectivity index (χ2v) is 2.93. The molecule has 4 N–H and O–H groups in total. The van der Waals surface area contributed by atoms with Gasteiger partial charge in [-0.25, -0.2) is 4.79 Å². The van der Waals surface area contributed by atoms with Crippen LogP contribution in [0.25, 0.3) is 0 Å². The Kier molecular flexibility index (Phi) is 5.55. The van der Waals surface area contributed by atoms with Crippen LogP contribution in [0.3, 0.4) is 0 Å². The summed E-state index contributed by atoms with van der Waals surface area (Å²) in [6.45, 7) is 1.35. The van der Waals surface area contributed by atoms with Gasteiger partial charge in [0.25, 0.3) is 0 Å². The minimum Gasteiger partial charge on any atom is -0.475 e. The van der Waals surface area contributed by atoms with Crippen LogP contribution in [0.5, 0.6) is 0 Å². The van der Waals surface area contributed by atoms with Crippen molar-refractivity contribution in [2.45, 2.75) is 24.8 Å². The van der Waals surface area contributed by atoms with E-state index >= 15 is 0 Å². The number of carboxylic acids is 1. The molecule has 0 radical (unpaired) electrons. The van der Waals surface area contributed by atoms with Gasteiger partial charge in [0.2, 0.25) is 0 Å². The SMILES string of the molecule is O=C(O)C(F)(F)F.OC1CCNCC1O. The Balaban J connectivity index is 0.000000265. The molecule has 5 nitrogen and oxygen atoms in total. The number of piperidine rings is 1. The van der Waals surface area contributed by atoms with E-state index in [2.05, 4.69) is 5.32 Å². The van der Waals surface area contributed by atoms with Crippen molar-refractivity contribution in [3.05, 3.63) is 0 Å². The monoisotopic (exact) mass is 231 g/mol. The van der Waals surface area contributed by atoms with Gasteiger partial charge in [-0.2, -0.15) is 13.2 Å². The smallest absolute Gasteiger partial charge is 0.475 e. The summed E-state index contributed by atoms with van der Waals surface area (Å²) in [7, 11) is 0. The fourth-order valence-electron chi connectivity index (χ4n) is 0.828. The van der Waals surface area contributed by atoms with Crippen molar-refractivity contribution in [1.82, 2.24) is 5.32 Å². The summed E-state index contributed by atoms with van der Waals surface area (Å²) < 4.78 is 31.7. The normalized spacial score (nSPS) is 26.5. The Bertz CT molecular complexity index is 199. The van der Waals surface area contributed by atoms with Gasteiger partial charge in [0.15, 0.2) is 0 Å². The fraction of sp³-hybridized carbons (Fsp3) is 0.857. The largest absolute Gasteiger partial charge is 0.490 e. The summed E-state index contributed by atoms with van der Waals surface area (Å²) in [6, 6.07) is 0. The second-order valence-electron chi connectivity index (χ2n) is 2.93. The maximum atomic E-state index is 10.6. The molecule has 2 atom stereocenters. The van der Waals surface area contributed by atoms with Crippen LogP contribution >= 0.6 is 0 Å². The number of aliphatic hydroxyl groups is 2. The first-order chi connectivity index (χ1) is 6.75. The van der Waals surface area contributed by atoms with Gasteiger partial charge in [-0.05, 0) is 13.0 Å². The molecule has 0 aromatic carbocycles. The van der Waals surface area contributed by atoms with Gasteiger partial charge in [-0.1, -0.05) is 0 Å². The molecule has 0 aliphatic carbocycles. The fourth-order valence-corrected chi connectivity index (χ4v) is 0.828. The maximum Gasteiger partial charge on any atom is 0.490 e. The molecular formula is C7H12F3NO4. The third kappa shape index (κ3) is 6.26. The first kappa shape index (κ1) is 14.1. The molecule has 15 heavy (non-hydrogen) atoms. The summed E-state index contributed by atoms with van der Waals surface area (Å²) in [6.07, 6.45) is -5.47. The van der Waals surface area contributed by atoms with E-state index < -0.39 is 24.4 Å². The van der Waals surface area contributed by atoms with Crippen molar-refractivity contribution in [2.75, 3.05) is 13.1 Å². The van der Waals surface area contributed by atoms with Gasteiger partial charge in [0, 0.05) is 6.54 Å². The lowest BCUT2D eigenvalue weighted by molar-refractivity contribution is -0.192. The van der Waals surface area contributed by atoms with Crippen LogP contribution < -0.4 is 5.32 Å². The number of alkyl halides is 3. The van der Waals surface area contributed by atoms with Gasteiger partial charge >= 0.3 is 12.1 Å². The highest BCUT2D eigenvalue weighted by Crippen LogP contribution is 2.13. The average Bonchev–Trinajstić information content (AvgIpc) is 2.09. The molecule has 1 heterocycles. The molecule has 0 bridgehead atoms. The zero-order valence-corrected chi connectivity index (χ0v) is 7.66. The Morgan fingerprint density at radius 3 is 1.93 bits per heavy atom. The number of β-amino-alcohol motifs (C(OH)–C–C–N with tert-alkyl or cyclic N) is 1. The summed E-state index contributed by atoms with van der Waals surface area (Å²) in [5, 5.41) is 27.8. The summed E-state index contributed by atoms with van der Waals surface area (Å²) in [4.78, 5) is 8.90. The van der Waals surface area contributed by atoms with Gasteiger partial charge in [0.1, 0.15) is 0 Å². The van der Waals surface area contributed by atoms with Crippen molar-refractivity contribution >= 4 is 5.97 Å². The van der Waals surface area contributed by atoms with Crippen LogP contribution in [-0.4, -0.2) is 52.8 Å². The Labute approximate surface area is 83.5 Å². The van der Waals surface area contributed by atoms with Gasteiger partial charge in [0.05, 0.1) is 12.2 Å². The van der Waals surface area contributed by atoms with Gasteiger partial charge in [-0.15, -0.1) is 0 Å². The van der Waals surface area contributed by atoms with Gasteiger partial charge in [-0.3, -0.25) is 0 Å². The van der Waals surface area contributed by atoms with Crippen LogP contribution in [0.2, 0.25) is 0 Å². The maximum absolute atomic E-state index is 10.6.